The van der Waals surface area contributed by atoms with Crippen molar-refractivity contribution in [3.05, 3.63) is 91.9 Å². The number of pyridine rings is 1. The molecule has 164 valence electrons. The Hall–Kier alpha value is -2.31. The molecule has 2 heterocycles. The molecular formula is C23H18Cl4N4O. The van der Waals surface area contributed by atoms with Crippen LogP contribution in [0.15, 0.2) is 54.9 Å². The van der Waals surface area contributed by atoms with Crippen LogP contribution in [0.25, 0.3) is 11.0 Å². The van der Waals surface area contributed by atoms with Gasteiger partial charge in [0.1, 0.15) is 11.9 Å². The lowest BCUT2D eigenvalue weighted by molar-refractivity contribution is -0.124. The van der Waals surface area contributed by atoms with E-state index in [0.717, 1.165) is 11.1 Å². The van der Waals surface area contributed by atoms with Crippen molar-refractivity contribution in [3.63, 3.8) is 0 Å². The number of halogens is 4. The van der Waals surface area contributed by atoms with E-state index in [1.165, 1.54) is 0 Å². The maximum atomic E-state index is 13.1. The maximum Gasteiger partial charge on any atom is 0.243 e. The predicted octanol–water partition coefficient (Wildman–Crippen LogP) is 6.51. The molecule has 0 fully saturated rings. The Morgan fingerprint density at radius 2 is 1.66 bits per heavy atom. The van der Waals surface area contributed by atoms with E-state index in [0.29, 0.717) is 49.9 Å². The number of benzene rings is 2. The zero-order chi connectivity index (χ0) is 22.8. The van der Waals surface area contributed by atoms with Gasteiger partial charge in [-0.2, -0.15) is 0 Å². The number of nitrogens with one attached hydrogen (secondary N) is 1. The Morgan fingerprint density at radius 3 is 2.34 bits per heavy atom. The first-order chi connectivity index (χ1) is 15.3. The highest BCUT2D eigenvalue weighted by atomic mass is 35.5. The lowest BCUT2D eigenvalue weighted by Crippen LogP contribution is -2.31. The standard InChI is InChI=1S/C23H18Cl4N4O/c1-13(23(32)29-12-14-5-7-28-8-6-14)31-21-11-19(27)18(26)10-20(21)30-22(31)9-15-16(24)3-2-4-17(15)25/h2-8,10-11,13H,9,12H2,1H3,(H,29,32)/t13-/m0/s1. The Kier molecular flexibility index (Phi) is 6.91. The molecule has 0 spiro atoms. The number of hydrogen-bond donors (Lipinski definition) is 1. The number of aromatic nitrogens is 3. The van der Waals surface area contributed by atoms with Gasteiger partial charge in [0.2, 0.25) is 5.91 Å². The van der Waals surface area contributed by atoms with Crippen LogP contribution in [-0.2, 0) is 17.8 Å². The first-order valence-electron chi connectivity index (χ1n) is 9.80. The molecule has 0 unspecified atom stereocenters. The molecule has 0 aliphatic rings. The van der Waals surface area contributed by atoms with Gasteiger partial charge < -0.3 is 9.88 Å². The first kappa shape index (κ1) is 22.9. The van der Waals surface area contributed by atoms with E-state index >= 15 is 0 Å². The van der Waals surface area contributed by atoms with Gasteiger partial charge in [0.25, 0.3) is 0 Å². The molecule has 0 saturated heterocycles. The summed E-state index contributed by atoms with van der Waals surface area (Å²) in [6.07, 6.45) is 3.71. The molecule has 0 bridgehead atoms. The molecule has 9 heteroatoms. The van der Waals surface area contributed by atoms with Crippen molar-refractivity contribution < 1.29 is 4.79 Å². The molecule has 32 heavy (non-hydrogen) atoms. The molecule has 2 aromatic heterocycles. The Bertz CT molecular complexity index is 1270. The lowest BCUT2D eigenvalue weighted by Gasteiger charge is -2.18. The molecule has 2 aromatic carbocycles. The summed E-state index contributed by atoms with van der Waals surface area (Å²) in [5, 5.41) is 4.80. The van der Waals surface area contributed by atoms with Gasteiger partial charge in [-0.05, 0) is 54.4 Å². The van der Waals surface area contributed by atoms with Gasteiger partial charge in [-0.3, -0.25) is 9.78 Å². The molecule has 0 radical (unpaired) electrons. The predicted molar refractivity (Wildman–Crippen MR) is 130 cm³/mol. The molecular weight excluding hydrogens is 490 g/mol. The number of carbonyl (C=O) groups excluding carboxylic acids is 1. The van der Waals surface area contributed by atoms with E-state index in [-0.39, 0.29) is 5.91 Å². The smallest absolute Gasteiger partial charge is 0.243 e. The van der Waals surface area contributed by atoms with Crippen LogP contribution in [0.4, 0.5) is 0 Å². The van der Waals surface area contributed by atoms with Crippen LogP contribution >= 0.6 is 46.4 Å². The molecule has 4 rings (SSSR count). The SMILES string of the molecule is C[C@@H](C(=O)NCc1ccncc1)n1c(Cc2c(Cl)cccc2Cl)nc2cc(Cl)c(Cl)cc21. The van der Waals surface area contributed by atoms with Gasteiger partial charge in [0.15, 0.2) is 0 Å². The van der Waals surface area contributed by atoms with E-state index in [9.17, 15) is 4.79 Å². The fourth-order valence-corrected chi connectivity index (χ4v) is 4.36. The molecule has 1 atom stereocenters. The Balaban J connectivity index is 1.73. The summed E-state index contributed by atoms with van der Waals surface area (Å²) in [6.45, 7) is 2.19. The third kappa shape index (κ3) is 4.71. The van der Waals surface area contributed by atoms with Crippen molar-refractivity contribution in [1.29, 1.82) is 0 Å². The van der Waals surface area contributed by atoms with E-state index in [1.807, 2.05) is 23.6 Å². The maximum absolute atomic E-state index is 13.1. The fraction of sp³-hybridized carbons (Fsp3) is 0.174. The number of rotatable bonds is 6. The van der Waals surface area contributed by atoms with Crippen LogP contribution < -0.4 is 5.32 Å². The van der Waals surface area contributed by atoms with E-state index in [2.05, 4.69) is 10.3 Å². The second-order valence-corrected chi connectivity index (χ2v) is 8.91. The summed E-state index contributed by atoms with van der Waals surface area (Å²) in [4.78, 5) is 21.8. The summed E-state index contributed by atoms with van der Waals surface area (Å²) in [5.74, 6) is 0.457. The molecule has 4 aromatic rings. The lowest BCUT2D eigenvalue weighted by atomic mass is 10.1. The van der Waals surface area contributed by atoms with E-state index in [4.69, 9.17) is 51.4 Å². The van der Waals surface area contributed by atoms with E-state index in [1.54, 1.807) is 42.7 Å². The minimum Gasteiger partial charge on any atom is -0.350 e. The first-order valence-corrected chi connectivity index (χ1v) is 11.3. The van der Waals surface area contributed by atoms with E-state index < -0.39 is 6.04 Å². The number of nitrogens with zero attached hydrogens (tertiary/aromatic N) is 3. The zero-order valence-electron chi connectivity index (χ0n) is 16.9. The number of hydrogen-bond acceptors (Lipinski definition) is 3. The highest BCUT2D eigenvalue weighted by molar-refractivity contribution is 6.42. The number of carbonyl (C=O) groups is 1. The second kappa shape index (κ2) is 9.67. The summed E-state index contributed by atoms with van der Waals surface area (Å²) in [6, 6.07) is 11.9. The van der Waals surface area contributed by atoms with Gasteiger partial charge in [-0.25, -0.2) is 4.98 Å². The summed E-state index contributed by atoms with van der Waals surface area (Å²) in [5.41, 5.74) is 3.01. The molecule has 0 saturated carbocycles. The van der Waals surface area contributed by atoms with Crippen LogP contribution in [-0.4, -0.2) is 20.4 Å². The van der Waals surface area contributed by atoms with Crippen LogP contribution in [0.5, 0.6) is 0 Å². The van der Waals surface area contributed by atoms with Gasteiger partial charge in [0.05, 0.1) is 21.1 Å². The molecule has 0 aliphatic heterocycles. The minimum absolute atomic E-state index is 0.168. The fourth-order valence-electron chi connectivity index (χ4n) is 3.51. The van der Waals surface area contributed by atoms with Gasteiger partial charge in [0, 0.05) is 35.4 Å². The van der Waals surface area contributed by atoms with Crippen LogP contribution in [0.2, 0.25) is 20.1 Å². The highest BCUT2D eigenvalue weighted by Gasteiger charge is 2.23. The zero-order valence-corrected chi connectivity index (χ0v) is 20.0. The van der Waals surface area contributed by atoms with Crippen molar-refractivity contribution in [1.82, 2.24) is 19.9 Å². The number of fused-ring (bicyclic) bond motifs is 1. The summed E-state index contributed by atoms with van der Waals surface area (Å²) < 4.78 is 1.85. The third-order valence-corrected chi connectivity index (χ3v) is 6.61. The summed E-state index contributed by atoms with van der Waals surface area (Å²) in [7, 11) is 0. The normalized spacial score (nSPS) is 12.2. The topological polar surface area (TPSA) is 59.8 Å². The van der Waals surface area contributed by atoms with Crippen molar-refractivity contribution in [2.45, 2.75) is 25.9 Å². The van der Waals surface area contributed by atoms with Crippen molar-refractivity contribution in [2.75, 3.05) is 0 Å². The monoisotopic (exact) mass is 506 g/mol. The molecule has 1 amide bonds. The third-order valence-electron chi connectivity index (χ3n) is 5.18. The summed E-state index contributed by atoms with van der Waals surface area (Å²) >= 11 is 25.3. The molecule has 0 aliphatic carbocycles. The molecule has 5 nitrogen and oxygen atoms in total. The highest BCUT2D eigenvalue weighted by Crippen LogP contribution is 2.33. The van der Waals surface area contributed by atoms with Crippen molar-refractivity contribution in [3.8, 4) is 0 Å². The van der Waals surface area contributed by atoms with Crippen LogP contribution in [0.1, 0.15) is 29.9 Å². The number of amides is 1. The number of imidazole rings is 1. The van der Waals surface area contributed by atoms with Crippen LogP contribution in [0.3, 0.4) is 0 Å². The minimum atomic E-state index is -0.574. The largest absolute Gasteiger partial charge is 0.350 e. The van der Waals surface area contributed by atoms with Crippen molar-refractivity contribution >= 4 is 63.3 Å². The average Bonchev–Trinajstić information content (AvgIpc) is 3.11. The Morgan fingerprint density at radius 1 is 1.00 bits per heavy atom. The molecule has 1 N–H and O–H groups in total. The van der Waals surface area contributed by atoms with Gasteiger partial charge >= 0.3 is 0 Å². The Labute approximate surface area is 205 Å². The second-order valence-electron chi connectivity index (χ2n) is 7.28. The van der Waals surface area contributed by atoms with Crippen LogP contribution in [0, 0.1) is 0 Å². The quantitative estimate of drug-likeness (QED) is 0.323. The average molecular weight is 508 g/mol. The van der Waals surface area contributed by atoms with Gasteiger partial charge in [-0.1, -0.05) is 52.5 Å². The van der Waals surface area contributed by atoms with Crippen molar-refractivity contribution in [2.24, 2.45) is 0 Å². The van der Waals surface area contributed by atoms with Gasteiger partial charge in [-0.15, -0.1) is 0 Å².